The molecule has 0 aliphatic carbocycles. The van der Waals surface area contributed by atoms with Crippen molar-refractivity contribution in [3.05, 3.63) is 60.8 Å². The molecule has 0 saturated carbocycles. The van der Waals surface area contributed by atoms with Crippen LogP contribution in [0.25, 0.3) is 16.9 Å². The molecule has 7 nitrogen and oxygen atoms in total. The molecule has 27 heavy (non-hydrogen) atoms. The lowest BCUT2D eigenvalue weighted by atomic mass is 10.1. The van der Waals surface area contributed by atoms with E-state index in [9.17, 15) is 0 Å². The van der Waals surface area contributed by atoms with Gasteiger partial charge >= 0.3 is 0 Å². The van der Waals surface area contributed by atoms with Crippen LogP contribution in [0.2, 0.25) is 0 Å². The Morgan fingerprint density at radius 3 is 2.93 bits per heavy atom. The van der Waals surface area contributed by atoms with Gasteiger partial charge in [-0.3, -0.25) is 0 Å². The van der Waals surface area contributed by atoms with Crippen LogP contribution in [0.15, 0.2) is 55.1 Å². The van der Waals surface area contributed by atoms with Gasteiger partial charge in [-0.15, -0.1) is 0 Å². The van der Waals surface area contributed by atoms with E-state index in [-0.39, 0.29) is 0 Å². The van der Waals surface area contributed by atoms with Crippen LogP contribution < -0.4 is 10.1 Å². The zero-order chi connectivity index (χ0) is 18.6. The number of benzene rings is 1. The summed E-state index contributed by atoms with van der Waals surface area (Å²) in [5, 5.41) is 8.23. The number of nitrogens with zero attached hydrogens (tertiary/aromatic N) is 5. The quantitative estimate of drug-likeness (QED) is 0.510. The van der Waals surface area contributed by atoms with Gasteiger partial charge in [0.1, 0.15) is 11.6 Å². The second-order valence-corrected chi connectivity index (χ2v) is 6.40. The highest BCUT2D eigenvalue weighted by Crippen LogP contribution is 2.25. The molecule has 0 amide bonds. The summed E-state index contributed by atoms with van der Waals surface area (Å²) >= 11 is 0. The molecule has 7 heteroatoms. The molecule has 0 fully saturated rings. The molecule has 3 aromatic heterocycles. The van der Waals surface area contributed by atoms with E-state index in [1.165, 1.54) is 0 Å². The van der Waals surface area contributed by atoms with Crippen molar-refractivity contribution < 1.29 is 4.74 Å². The summed E-state index contributed by atoms with van der Waals surface area (Å²) in [6.07, 6.45) is 6.60. The van der Waals surface area contributed by atoms with E-state index >= 15 is 0 Å². The van der Waals surface area contributed by atoms with E-state index in [0.717, 1.165) is 53.7 Å². The highest BCUT2D eigenvalue weighted by Gasteiger charge is 2.10. The van der Waals surface area contributed by atoms with Crippen LogP contribution in [0.4, 0.5) is 5.82 Å². The predicted molar refractivity (Wildman–Crippen MR) is 105 cm³/mol. The normalized spacial score (nSPS) is 11.0. The van der Waals surface area contributed by atoms with Crippen molar-refractivity contribution >= 4 is 11.5 Å². The second kappa shape index (κ2) is 7.49. The molecule has 4 aromatic rings. The van der Waals surface area contributed by atoms with E-state index in [0.29, 0.717) is 0 Å². The average molecular weight is 362 g/mol. The first-order chi connectivity index (χ1) is 13.2. The maximum absolute atomic E-state index is 5.32. The Balaban J connectivity index is 1.56. The lowest BCUT2D eigenvalue weighted by Gasteiger charge is -2.09. The molecule has 138 valence electrons. The maximum atomic E-state index is 5.32. The van der Waals surface area contributed by atoms with Crippen molar-refractivity contribution in [3.8, 4) is 17.0 Å². The SMILES string of the molecule is COc1cccc(-c2cc3nc(C)cc(NCCCn4ccnc4)n3n2)c1. The van der Waals surface area contributed by atoms with Gasteiger partial charge in [0.05, 0.1) is 19.1 Å². The van der Waals surface area contributed by atoms with Crippen LogP contribution in [-0.4, -0.2) is 37.8 Å². The zero-order valence-electron chi connectivity index (χ0n) is 15.5. The number of nitrogens with one attached hydrogen (secondary N) is 1. The summed E-state index contributed by atoms with van der Waals surface area (Å²) in [6.45, 7) is 3.76. The zero-order valence-corrected chi connectivity index (χ0v) is 15.5. The van der Waals surface area contributed by atoms with Gasteiger partial charge in [-0.2, -0.15) is 9.61 Å². The Morgan fingerprint density at radius 2 is 2.11 bits per heavy atom. The molecule has 0 saturated heterocycles. The van der Waals surface area contributed by atoms with E-state index in [2.05, 4.69) is 19.9 Å². The standard InChI is InChI=1S/C20H22N6O/c1-15-11-19(22-7-4-9-25-10-8-21-14-25)26-20(23-15)13-18(24-26)16-5-3-6-17(12-16)27-2/h3,5-6,8,10-14,22H,4,7,9H2,1-2H3. The third-order valence-electron chi connectivity index (χ3n) is 4.38. The first kappa shape index (κ1) is 17.1. The largest absolute Gasteiger partial charge is 0.497 e. The third kappa shape index (κ3) is 3.76. The number of rotatable bonds is 7. The molecule has 0 aliphatic heterocycles. The highest BCUT2D eigenvalue weighted by molar-refractivity contribution is 5.67. The Morgan fingerprint density at radius 1 is 1.19 bits per heavy atom. The molecular formula is C20H22N6O. The van der Waals surface area contributed by atoms with Crippen LogP contribution in [0.5, 0.6) is 5.75 Å². The smallest absolute Gasteiger partial charge is 0.158 e. The molecule has 0 bridgehead atoms. The third-order valence-corrected chi connectivity index (χ3v) is 4.38. The highest BCUT2D eigenvalue weighted by atomic mass is 16.5. The Kier molecular flexibility index (Phi) is 4.74. The lowest BCUT2D eigenvalue weighted by Crippen LogP contribution is -2.10. The molecule has 0 spiro atoms. The topological polar surface area (TPSA) is 69.3 Å². The van der Waals surface area contributed by atoms with Gasteiger partial charge in [-0.25, -0.2) is 9.97 Å². The lowest BCUT2D eigenvalue weighted by molar-refractivity contribution is 0.415. The number of hydrogen-bond acceptors (Lipinski definition) is 5. The Bertz CT molecular complexity index is 1040. The number of anilines is 1. The molecule has 0 unspecified atom stereocenters. The maximum Gasteiger partial charge on any atom is 0.158 e. The molecular weight excluding hydrogens is 340 g/mol. The minimum Gasteiger partial charge on any atom is -0.497 e. The van der Waals surface area contributed by atoms with E-state index in [1.54, 1.807) is 13.3 Å². The number of aryl methyl sites for hydroxylation is 2. The van der Waals surface area contributed by atoms with Crippen molar-refractivity contribution in [1.82, 2.24) is 24.1 Å². The molecule has 1 N–H and O–H groups in total. The fraction of sp³-hybridized carbons (Fsp3) is 0.250. The first-order valence-electron chi connectivity index (χ1n) is 8.94. The molecule has 0 aliphatic rings. The van der Waals surface area contributed by atoms with Gasteiger partial charge < -0.3 is 14.6 Å². The van der Waals surface area contributed by atoms with Gasteiger partial charge in [0.15, 0.2) is 5.65 Å². The Hall–Kier alpha value is -3.35. The number of fused-ring (bicyclic) bond motifs is 1. The summed E-state index contributed by atoms with van der Waals surface area (Å²) in [6, 6.07) is 11.9. The number of hydrogen-bond donors (Lipinski definition) is 1. The van der Waals surface area contributed by atoms with E-state index in [4.69, 9.17) is 9.84 Å². The monoisotopic (exact) mass is 362 g/mol. The van der Waals surface area contributed by atoms with Gasteiger partial charge in [0.2, 0.25) is 0 Å². The van der Waals surface area contributed by atoms with Crippen molar-refractivity contribution in [2.75, 3.05) is 19.0 Å². The summed E-state index contributed by atoms with van der Waals surface area (Å²) in [5.41, 5.74) is 3.65. The van der Waals surface area contributed by atoms with Crippen molar-refractivity contribution in [2.45, 2.75) is 19.9 Å². The Labute approximate surface area is 157 Å². The number of imidazole rings is 1. The molecule has 1 aromatic carbocycles. The van der Waals surface area contributed by atoms with Crippen molar-refractivity contribution in [3.63, 3.8) is 0 Å². The van der Waals surface area contributed by atoms with Gasteiger partial charge in [-0.1, -0.05) is 12.1 Å². The van der Waals surface area contributed by atoms with Crippen LogP contribution in [-0.2, 0) is 6.54 Å². The van der Waals surface area contributed by atoms with E-state index < -0.39 is 0 Å². The van der Waals surface area contributed by atoms with Gasteiger partial charge in [0, 0.05) is 48.9 Å². The summed E-state index contributed by atoms with van der Waals surface area (Å²) in [7, 11) is 1.67. The van der Waals surface area contributed by atoms with Gasteiger partial charge in [-0.05, 0) is 25.5 Å². The van der Waals surface area contributed by atoms with E-state index in [1.807, 2.05) is 60.4 Å². The summed E-state index contributed by atoms with van der Waals surface area (Å²) in [5.74, 6) is 1.75. The second-order valence-electron chi connectivity index (χ2n) is 6.40. The summed E-state index contributed by atoms with van der Waals surface area (Å²) < 4.78 is 9.25. The molecule has 4 rings (SSSR count). The summed E-state index contributed by atoms with van der Waals surface area (Å²) in [4.78, 5) is 8.68. The first-order valence-corrected chi connectivity index (χ1v) is 8.94. The van der Waals surface area contributed by atoms with Crippen molar-refractivity contribution in [2.24, 2.45) is 0 Å². The van der Waals surface area contributed by atoms with Crippen LogP contribution >= 0.6 is 0 Å². The fourth-order valence-electron chi connectivity index (χ4n) is 3.05. The molecule has 3 heterocycles. The fourth-order valence-corrected chi connectivity index (χ4v) is 3.05. The van der Waals surface area contributed by atoms with Gasteiger partial charge in [0.25, 0.3) is 0 Å². The van der Waals surface area contributed by atoms with Crippen LogP contribution in [0.1, 0.15) is 12.1 Å². The van der Waals surface area contributed by atoms with Crippen LogP contribution in [0.3, 0.4) is 0 Å². The predicted octanol–water partition coefficient (Wildman–Crippen LogP) is 3.41. The minimum atomic E-state index is 0.812. The van der Waals surface area contributed by atoms with Crippen molar-refractivity contribution in [1.29, 1.82) is 0 Å². The molecule has 0 atom stereocenters. The number of ether oxygens (including phenoxy) is 1. The molecule has 0 radical (unpaired) electrons. The number of aromatic nitrogens is 5. The number of methoxy groups -OCH3 is 1. The van der Waals surface area contributed by atoms with Crippen LogP contribution in [0, 0.1) is 6.92 Å². The average Bonchev–Trinajstić information content (AvgIpc) is 3.34. The minimum absolute atomic E-state index is 0.812.